The van der Waals surface area contributed by atoms with Crippen LogP contribution in [0.1, 0.15) is 43.0 Å². The number of hydrogen-bond donors (Lipinski definition) is 2. The molecule has 1 heterocycles. The monoisotopic (exact) mass is 194 g/mol. The van der Waals surface area contributed by atoms with E-state index in [9.17, 15) is 4.79 Å². The number of H-pyrrole nitrogens is 1. The van der Waals surface area contributed by atoms with Gasteiger partial charge in [0.25, 0.3) is 0 Å². The summed E-state index contributed by atoms with van der Waals surface area (Å²) >= 11 is 0. The van der Waals surface area contributed by atoms with E-state index in [4.69, 9.17) is 5.11 Å². The number of carboxylic acid groups (broad SMARTS) is 1. The lowest BCUT2D eigenvalue weighted by atomic mass is 10.0. The minimum atomic E-state index is -0.813. The van der Waals surface area contributed by atoms with Crippen LogP contribution >= 0.6 is 0 Å². The van der Waals surface area contributed by atoms with E-state index >= 15 is 0 Å². The van der Waals surface area contributed by atoms with E-state index in [1.54, 1.807) is 0 Å². The van der Waals surface area contributed by atoms with Gasteiger partial charge in [0, 0.05) is 11.6 Å². The normalized spacial score (nSPS) is 17.4. The minimum absolute atomic E-state index is 0.0414. The van der Waals surface area contributed by atoms with Gasteiger partial charge in [0.15, 0.2) is 0 Å². The summed E-state index contributed by atoms with van der Waals surface area (Å²) in [5.74, 6) is -0.264. The smallest absolute Gasteiger partial charge is 0.309 e. The highest BCUT2D eigenvalue weighted by Crippen LogP contribution is 2.33. The van der Waals surface area contributed by atoms with E-state index in [0.29, 0.717) is 11.6 Å². The van der Waals surface area contributed by atoms with Crippen molar-refractivity contribution in [3.05, 3.63) is 17.5 Å². The molecule has 0 unspecified atom stereocenters. The van der Waals surface area contributed by atoms with Crippen molar-refractivity contribution in [2.45, 2.75) is 38.0 Å². The lowest BCUT2D eigenvalue weighted by Crippen LogP contribution is -1.99. The predicted octanol–water partition coefficient (Wildman–Crippen LogP) is 1.69. The van der Waals surface area contributed by atoms with Crippen LogP contribution in [0.3, 0.4) is 0 Å². The molecule has 0 aliphatic heterocycles. The Morgan fingerprint density at radius 2 is 2.29 bits per heavy atom. The molecule has 0 radical (unpaired) electrons. The van der Waals surface area contributed by atoms with Crippen LogP contribution in [0.15, 0.2) is 6.07 Å². The summed E-state index contributed by atoms with van der Waals surface area (Å²) in [7, 11) is 0. The van der Waals surface area contributed by atoms with Crippen molar-refractivity contribution < 1.29 is 9.90 Å². The zero-order chi connectivity index (χ0) is 9.97. The van der Waals surface area contributed by atoms with Crippen molar-refractivity contribution in [3.63, 3.8) is 0 Å². The third-order valence-electron chi connectivity index (χ3n) is 2.77. The average molecular weight is 194 g/mol. The number of aliphatic carboxylic acids is 1. The number of hydrogen-bond acceptors (Lipinski definition) is 2. The van der Waals surface area contributed by atoms with E-state index in [1.165, 1.54) is 25.7 Å². The molecule has 4 nitrogen and oxygen atoms in total. The second-order valence-corrected chi connectivity index (χ2v) is 3.87. The Balaban J connectivity index is 2.05. The second-order valence-electron chi connectivity index (χ2n) is 3.87. The molecule has 1 aromatic rings. The fourth-order valence-corrected chi connectivity index (χ4v) is 2.06. The molecule has 76 valence electrons. The molecule has 1 aromatic heterocycles. The summed E-state index contributed by atoms with van der Waals surface area (Å²) in [5.41, 5.74) is 1.75. The second kappa shape index (κ2) is 3.82. The van der Waals surface area contributed by atoms with Crippen molar-refractivity contribution in [1.29, 1.82) is 0 Å². The van der Waals surface area contributed by atoms with Gasteiger partial charge in [-0.3, -0.25) is 9.89 Å². The highest BCUT2D eigenvalue weighted by molar-refractivity contribution is 5.69. The molecular weight excluding hydrogens is 180 g/mol. The number of aromatic amines is 1. The highest BCUT2D eigenvalue weighted by atomic mass is 16.4. The molecule has 2 rings (SSSR count). The Kier molecular flexibility index (Phi) is 2.52. The first-order valence-electron chi connectivity index (χ1n) is 5.01. The summed E-state index contributed by atoms with van der Waals surface area (Å²) in [6.07, 6.45) is 4.96. The van der Waals surface area contributed by atoms with Crippen molar-refractivity contribution >= 4 is 5.97 Å². The number of nitrogens with one attached hydrogen (secondary N) is 1. The van der Waals surface area contributed by atoms with Crippen LogP contribution in [-0.4, -0.2) is 21.3 Å². The number of nitrogens with zero attached hydrogens (tertiary/aromatic N) is 1. The van der Waals surface area contributed by atoms with Crippen molar-refractivity contribution in [2.24, 2.45) is 0 Å². The molecule has 1 aliphatic carbocycles. The highest BCUT2D eigenvalue weighted by Gasteiger charge is 2.19. The fourth-order valence-electron chi connectivity index (χ4n) is 2.06. The van der Waals surface area contributed by atoms with Crippen molar-refractivity contribution in [1.82, 2.24) is 10.2 Å². The molecule has 0 atom stereocenters. The lowest BCUT2D eigenvalue weighted by molar-refractivity contribution is -0.136. The third-order valence-corrected chi connectivity index (χ3v) is 2.77. The Morgan fingerprint density at radius 1 is 1.57 bits per heavy atom. The summed E-state index contributed by atoms with van der Waals surface area (Å²) in [5, 5.41) is 15.5. The maximum atomic E-state index is 10.5. The molecular formula is C10H14N2O2. The first-order valence-corrected chi connectivity index (χ1v) is 5.01. The molecule has 1 fully saturated rings. The maximum Gasteiger partial charge on any atom is 0.309 e. The van der Waals surface area contributed by atoms with Crippen molar-refractivity contribution in [2.75, 3.05) is 0 Å². The van der Waals surface area contributed by atoms with Gasteiger partial charge in [0.05, 0.1) is 12.1 Å². The van der Waals surface area contributed by atoms with Crippen molar-refractivity contribution in [3.8, 4) is 0 Å². The number of carboxylic acids is 1. The summed E-state index contributed by atoms with van der Waals surface area (Å²) in [4.78, 5) is 10.5. The molecule has 1 saturated carbocycles. The number of carbonyl (C=O) groups is 1. The van der Waals surface area contributed by atoms with E-state index < -0.39 is 5.97 Å². The van der Waals surface area contributed by atoms with Crippen LogP contribution in [0.5, 0.6) is 0 Å². The van der Waals surface area contributed by atoms with E-state index in [0.717, 1.165) is 5.69 Å². The van der Waals surface area contributed by atoms with Gasteiger partial charge in [0.1, 0.15) is 0 Å². The number of aromatic nitrogens is 2. The fraction of sp³-hybridized carbons (Fsp3) is 0.600. The van der Waals surface area contributed by atoms with Crippen LogP contribution < -0.4 is 0 Å². The summed E-state index contributed by atoms with van der Waals surface area (Å²) in [6.45, 7) is 0. The van der Waals surface area contributed by atoms with Gasteiger partial charge in [-0.15, -0.1) is 0 Å². The third kappa shape index (κ3) is 1.95. The molecule has 14 heavy (non-hydrogen) atoms. The van der Waals surface area contributed by atoms with Gasteiger partial charge >= 0.3 is 5.97 Å². The Bertz CT molecular complexity index is 327. The maximum absolute atomic E-state index is 10.5. The van der Waals surface area contributed by atoms with Crippen LogP contribution in [0.25, 0.3) is 0 Å². The largest absolute Gasteiger partial charge is 0.481 e. The lowest BCUT2D eigenvalue weighted by Gasteiger charge is -2.01. The molecule has 4 heteroatoms. The Morgan fingerprint density at radius 3 is 2.93 bits per heavy atom. The Labute approximate surface area is 82.3 Å². The molecule has 1 aliphatic rings. The molecule has 2 N–H and O–H groups in total. The van der Waals surface area contributed by atoms with Crippen LogP contribution in [-0.2, 0) is 11.2 Å². The van der Waals surface area contributed by atoms with Gasteiger partial charge in [-0.1, -0.05) is 12.8 Å². The van der Waals surface area contributed by atoms with Gasteiger partial charge in [-0.05, 0) is 18.9 Å². The minimum Gasteiger partial charge on any atom is -0.481 e. The SMILES string of the molecule is O=C(O)Cc1cc(C2CCCC2)n[nH]1. The zero-order valence-corrected chi connectivity index (χ0v) is 7.99. The molecule has 0 bridgehead atoms. The summed E-state index contributed by atoms with van der Waals surface area (Å²) < 4.78 is 0. The van der Waals surface area contributed by atoms with Gasteiger partial charge < -0.3 is 5.11 Å². The van der Waals surface area contributed by atoms with E-state index in [2.05, 4.69) is 10.2 Å². The number of rotatable bonds is 3. The van der Waals surface area contributed by atoms with Crippen LogP contribution in [0.4, 0.5) is 0 Å². The topological polar surface area (TPSA) is 66.0 Å². The van der Waals surface area contributed by atoms with Crippen LogP contribution in [0.2, 0.25) is 0 Å². The Hall–Kier alpha value is -1.32. The first kappa shape index (κ1) is 9.24. The molecule has 0 aromatic carbocycles. The molecule has 0 amide bonds. The molecule has 0 spiro atoms. The van der Waals surface area contributed by atoms with Gasteiger partial charge in [0.2, 0.25) is 0 Å². The van der Waals surface area contributed by atoms with E-state index in [1.807, 2.05) is 6.07 Å². The quantitative estimate of drug-likeness (QED) is 0.769. The van der Waals surface area contributed by atoms with E-state index in [-0.39, 0.29) is 6.42 Å². The van der Waals surface area contributed by atoms with Crippen LogP contribution in [0, 0.1) is 0 Å². The first-order chi connectivity index (χ1) is 6.75. The summed E-state index contributed by atoms with van der Waals surface area (Å²) in [6, 6.07) is 1.89. The van der Waals surface area contributed by atoms with Gasteiger partial charge in [-0.2, -0.15) is 5.10 Å². The average Bonchev–Trinajstić information content (AvgIpc) is 2.69. The standard InChI is InChI=1S/C10H14N2O2/c13-10(14)6-8-5-9(12-11-8)7-3-1-2-4-7/h5,7H,1-4,6H2,(H,11,12)(H,13,14). The molecule has 0 saturated heterocycles. The zero-order valence-electron chi connectivity index (χ0n) is 7.99. The van der Waals surface area contributed by atoms with Gasteiger partial charge in [-0.25, -0.2) is 0 Å². The predicted molar refractivity (Wildman–Crippen MR) is 51.1 cm³/mol.